The van der Waals surface area contributed by atoms with Crippen LogP contribution < -0.4 is 0 Å². The maximum atomic E-state index is 5.97. The quantitative estimate of drug-likeness (QED) is 0.650. The fraction of sp³-hybridized carbons (Fsp3) is 0.176. The molecule has 0 saturated carbocycles. The monoisotopic (exact) mass is 254 g/mol. The van der Waals surface area contributed by atoms with Crippen LogP contribution in [-0.2, 0) is 0 Å². The summed E-state index contributed by atoms with van der Waals surface area (Å²) < 4.78 is 0. The number of halogens is 1. The lowest BCUT2D eigenvalue weighted by Gasteiger charge is -2.25. The molecule has 0 aliphatic heterocycles. The molecule has 0 bridgehead atoms. The highest BCUT2D eigenvalue weighted by molar-refractivity contribution is 6.30. The molecule has 0 fully saturated rings. The Balaban J connectivity index is 2.08. The van der Waals surface area contributed by atoms with Crippen molar-refractivity contribution < 1.29 is 0 Å². The first-order chi connectivity index (χ1) is 8.74. The Morgan fingerprint density at radius 3 is 2.50 bits per heavy atom. The van der Waals surface area contributed by atoms with Crippen molar-refractivity contribution in [3.05, 3.63) is 75.8 Å². The summed E-state index contributed by atoms with van der Waals surface area (Å²) in [5, 5.41) is 0.801. The first-order valence-electron chi connectivity index (χ1n) is 6.25. The molecule has 90 valence electrons. The van der Waals surface area contributed by atoms with Crippen LogP contribution in [0.4, 0.5) is 0 Å². The van der Waals surface area contributed by atoms with Crippen molar-refractivity contribution in [1.29, 1.82) is 0 Å². The highest BCUT2D eigenvalue weighted by Crippen LogP contribution is 2.38. The summed E-state index contributed by atoms with van der Waals surface area (Å²) in [6.07, 6.45) is 3.39. The fourth-order valence-corrected chi connectivity index (χ4v) is 2.83. The zero-order chi connectivity index (χ0) is 12.5. The number of hydrogen-bond donors (Lipinski definition) is 0. The van der Waals surface area contributed by atoms with Crippen molar-refractivity contribution in [2.24, 2.45) is 0 Å². The van der Waals surface area contributed by atoms with Gasteiger partial charge in [0.15, 0.2) is 0 Å². The third-order valence-corrected chi connectivity index (χ3v) is 3.82. The van der Waals surface area contributed by atoms with Crippen molar-refractivity contribution in [3.8, 4) is 0 Å². The first kappa shape index (κ1) is 11.6. The van der Waals surface area contributed by atoms with Gasteiger partial charge in [-0.2, -0.15) is 0 Å². The van der Waals surface area contributed by atoms with Gasteiger partial charge >= 0.3 is 0 Å². The Labute approximate surface area is 113 Å². The van der Waals surface area contributed by atoms with Gasteiger partial charge in [-0.25, -0.2) is 0 Å². The standard InChI is InChI=1S/C17H15Cl/c1-12-10-14-4-2-3-5-16(14)17(11-12)13-6-8-15(18)9-7-13/h2-10,17H,11H2,1H3. The zero-order valence-corrected chi connectivity index (χ0v) is 11.1. The summed E-state index contributed by atoms with van der Waals surface area (Å²) in [7, 11) is 0. The maximum Gasteiger partial charge on any atom is 0.0406 e. The van der Waals surface area contributed by atoms with Gasteiger partial charge in [-0.05, 0) is 42.2 Å². The Morgan fingerprint density at radius 1 is 1.00 bits per heavy atom. The molecule has 1 aliphatic rings. The second-order valence-electron chi connectivity index (χ2n) is 4.93. The van der Waals surface area contributed by atoms with Crippen LogP contribution in [0.3, 0.4) is 0 Å². The zero-order valence-electron chi connectivity index (χ0n) is 10.4. The van der Waals surface area contributed by atoms with Gasteiger partial charge in [0.2, 0.25) is 0 Å². The van der Waals surface area contributed by atoms with Crippen LogP contribution >= 0.6 is 11.6 Å². The summed E-state index contributed by atoms with van der Waals surface area (Å²) in [6, 6.07) is 16.9. The summed E-state index contributed by atoms with van der Waals surface area (Å²) in [6.45, 7) is 2.21. The Morgan fingerprint density at radius 2 is 1.72 bits per heavy atom. The average Bonchev–Trinajstić information content (AvgIpc) is 2.38. The van der Waals surface area contributed by atoms with Crippen LogP contribution in [0.1, 0.15) is 36.0 Å². The van der Waals surface area contributed by atoms with E-state index in [-0.39, 0.29) is 0 Å². The Kier molecular flexibility index (Phi) is 2.97. The van der Waals surface area contributed by atoms with Crippen molar-refractivity contribution in [2.45, 2.75) is 19.3 Å². The van der Waals surface area contributed by atoms with Crippen molar-refractivity contribution in [2.75, 3.05) is 0 Å². The molecule has 0 radical (unpaired) electrons. The molecule has 1 atom stereocenters. The molecular formula is C17H15Cl. The largest absolute Gasteiger partial charge is 0.0843 e. The molecule has 2 aromatic carbocycles. The SMILES string of the molecule is CC1=Cc2ccccc2C(c2ccc(Cl)cc2)C1. The Hall–Kier alpha value is -1.53. The van der Waals surface area contributed by atoms with Crippen LogP contribution in [0.5, 0.6) is 0 Å². The minimum atomic E-state index is 0.462. The van der Waals surface area contributed by atoms with Gasteiger partial charge in [0.1, 0.15) is 0 Å². The van der Waals surface area contributed by atoms with E-state index >= 15 is 0 Å². The predicted molar refractivity (Wildman–Crippen MR) is 78.0 cm³/mol. The number of hydrogen-bond acceptors (Lipinski definition) is 0. The molecule has 18 heavy (non-hydrogen) atoms. The molecule has 1 aliphatic carbocycles. The van der Waals surface area contributed by atoms with E-state index in [1.807, 2.05) is 12.1 Å². The summed E-state index contributed by atoms with van der Waals surface area (Å²) in [4.78, 5) is 0. The van der Waals surface area contributed by atoms with Gasteiger partial charge in [0, 0.05) is 10.9 Å². The molecule has 0 spiro atoms. The summed E-state index contributed by atoms with van der Waals surface area (Å²) in [5.41, 5.74) is 5.56. The molecule has 0 N–H and O–H groups in total. The molecule has 0 saturated heterocycles. The molecule has 3 rings (SSSR count). The van der Waals surface area contributed by atoms with Crippen molar-refractivity contribution in [3.63, 3.8) is 0 Å². The van der Waals surface area contributed by atoms with E-state index in [4.69, 9.17) is 11.6 Å². The van der Waals surface area contributed by atoms with E-state index < -0.39 is 0 Å². The van der Waals surface area contributed by atoms with Gasteiger partial charge < -0.3 is 0 Å². The molecule has 0 amide bonds. The second kappa shape index (κ2) is 4.62. The van der Waals surface area contributed by atoms with E-state index in [0.717, 1.165) is 11.4 Å². The van der Waals surface area contributed by atoms with Crippen molar-refractivity contribution >= 4 is 17.7 Å². The molecule has 2 aromatic rings. The van der Waals surface area contributed by atoms with Gasteiger partial charge in [0.05, 0.1) is 0 Å². The normalized spacial score (nSPS) is 18.1. The molecule has 1 unspecified atom stereocenters. The number of benzene rings is 2. The van der Waals surface area contributed by atoms with Gasteiger partial charge in [-0.3, -0.25) is 0 Å². The van der Waals surface area contributed by atoms with E-state index in [1.165, 1.54) is 22.3 Å². The van der Waals surface area contributed by atoms with Gasteiger partial charge in [-0.15, -0.1) is 0 Å². The molecule has 0 aromatic heterocycles. The average molecular weight is 255 g/mol. The van der Waals surface area contributed by atoms with Crippen LogP contribution in [0, 0.1) is 0 Å². The molecule has 1 heteroatoms. The van der Waals surface area contributed by atoms with Crippen LogP contribution in [0.15, 0.2) is 54.1 Å². The fourth-order valence-electron chi connectivity index (χ4n) is 2.71. The third kappa shape index (κ3) is 2.09. The van der Waals surface area contributed by atoms with E-state index in [1.54, 1.807) is 0 Å². The highest BCUT2D eigenvalue weighted by Gasteiger charge is 2.20. The third-order valence-electron chi connectivity index (χ3n) is 3.57. The Bertz CT molecular complexity index is 593. The summed E-state index contributed by atoms with van der Waals surface area (Å²) >= 11 is 5.97. The topological polar surface area (TPSA) is 0 Å². The van der Waals surface area contributed by atoms with Crippen LogP contribution in [0.25, 0.3) is 6.08 Å². The van der Waals surface area contributed by atoms with Crippen molar-refractivity contribution in [1.82, 2.24) is 0 Å². The first-order valence-corrected chi connectivity index (χ1v) is 6.63. The van der Waals surface area contributed by atoms with Gasteiger partial charge in [0.25, 0.3) is 0 Å². The van der Waals surface area contributed by atoms with Crippen LogP contribution in [-0.4, -0.2) is 0 Å². The minimum Gasteiger partial charge on any atom is -0.0843 e. The van der Waals surface area contributed by atoms with Gasteiger partial charge in [-0.1, -0.05) is 59.6 Å². The molecular weight excluding hydrogens is 240 g/mol. The second-order valence-corrected chi connectivity index (χ2v) is 5.36. The lowest BCUT2D eigenvalue weighted by molar-refractivity contribution is 0.785. The summed E-state index contributed by atoms with van der Waals surface area (Å²) in [5.74, 6) is 0.462. The predicted octanol–water partition coefficient (Wildman–Crippen LogP) is 5.28. The minimum absolute atomic E-state index is 0.462. The van der Waals surface area contributed by atoms with E-state index in [0.29, 0.717) is 5.92 Å². The number of allylic oxidation sites excluding steroid dienone is 1. The smallest absolute Gasteiger partial charge is 0.0406 e. The lowest BCUT2D eigenvalue weighted by atomic mass is 9.79. The number of rotatable bonds is 1. The van der Waals surface area contributed by atoms with Crippen LogP contribution in [0.2, 0.25) is 5.02 Å². The highest BCUT2D eigenvalue weighted by atomic mass is 35.5. The maximum absolute atomic E-state index is 5.97. The number of fused-ring (bicyclic) bond motifs is 1. The lowest BCUT2D eigenvalue weighted by Crippen LogP contribution is -2.07. The van der Waals surface area contributed by atoms with E-state index in [9.17, 15) is 0 Å². The van der Waals surface area contributed by atoms with E-state index in [2.05, 4.69) is 49.4 Å². The molecule has 0 nitrogen and oxygen atoms in total. The molecule has 0 heterocycles.